The first-order valence-electron chi connectivity index (χ1n) is 9.17. The average Bonchev–Trinajstić information content (AvgIpc) is 2.71. The van der Waals surface area contributed by atoms with Crippen LogP contribution in [0.3, 0.4) is 0 Å². The first-order valence-corrected chi connectivity index (χ1v) is 10.7. The van der Waals surface area contributed by atoms with Gasteiger partial charge in [-0.25, -0.2) is 17.5 Å². The highest BCUT2D eigenvalue weighted by atomic mass is 32.2. The number of rotatable bonds is 7. The van der Waals surface area contributed by atoms with Crippen LogP contribution in [0.4, 0.5) is 17.6 Å². The van der Waals surface area contributed by atoms with Gasteiger partial charge in [-0.3, -0.25) is 4.79 Å². The van der Waals surface area contributed by atoms with Crippen LogP contribution in [0.15, 0.2) is 65.6 Å². The van der Waals surface area contributed by atoms with Gasteiger partial charge in [-0.1, -0.05) is 36.4 Å². The lowest BCUT2D eigenvalue weighted by Gasteiger charge is -2.14. The van der Waals surface area contributed by atoms with Crippen molar-refractivity contribution in [1.82, 2.24) is 10.0 Å². The van der Waals surface area contributed by atoms with E-state index in [4.69, 9.17) is 0 Å². The molecule has 0 bridgehead atoms. The number of amides is 1. The molecular formula is C21H18F4N2O3S. The predicted molar refractivity (Wildman–Crippen MR) is 107 cm³/mol. The van der Waals surface area contributed by atoms with Gasteiger partial charge in [0, 0.05) is 19.5 Å². The van der Waals surface area contributed by atoms with Crippen LogP contribution in [0.25, 0.3) is 10.8 Å². The maximum absolute atomic E-state index is 13.1. The molecule has 0 atom stereocenters. The fourth-order valence-corrected chi connectivity index (χ4v) is 4.03. The van der Waals surface area contributed by atoms with E-state index in [1.54, 1.807) is 18.2 Å². The molecule has 0 saturated heterocycles. The van der Waals surface area contributed by atoms with E-state index in [0.29, 0.717) is 6.07 Å². The number of hydrogen-bond acceptors (Lipinski definition) is 3. The van der Waals surface area contributed by atoms with Crippen LogP contribution in [0.1, 0.15) is 17.5 Å². The van der Waals surface area contributed by atoms with Gasteiger partial charge in [0.1, 0.15) is 5.82 Å². The fraction of sp³-hybridized carbons (Fsp3) is 0.190. The smallest absolute Gasteiger partial charge is 0.352 e. The monoisotopic (exact) mass is 454 g/mol. The number of carbonyl (C=O) groups is 1. The molecule has 0 saturated carbocycles. The van der Waals surface area contributed by atoms with E-state index in [1.165, 1.54) is 12.1 Å². The maximum atomic E-state index is 13.1. The third-order valence-electron chi connectivity index (χ3n) is 4.53. The Morgan fingerprint density at radius 1 is 0.935 bits per heavy atom. The molecule has 2 N–H and O–H groups in total. The highest BCUT2D eigenvalue weighted by Gasteiger charge is 2.33. The summed E-state index contributed by atoms with van der Waals surface area (Å²) in [4.78, 5) is 12.0. The summed E-state index contributed by atoms with van der Waals surface area (Å²) in [7, 11) is -3.87. The lowest BCUT2D eigenvalue weighted by molar-refractivity contribution is -0.138. The number of fused-ring (bicyclic) bond motifs is 1. The second kappa shape index (κ2) is 9.03. The summed E-state index contributed by atoms with van der Waals surface area (Å²) < 4.78 is 79.2. The second-order valence-corrected chi connectivity index (χ2v) is 8.50. The molecule has 0 unspecified atom stereocenters. The Kier molecular flexibility index (Phi) is 6.61. The summed E-state index contributed by atoms with van der Waals surface area (Å²) in [5.74, 6) is -1.69. The van der Waals surface area contributed by atoms with Crippen molar-refractivity contribution in [1.29, 1.82) is 0 Å². The summed E-state index contributed by atoms with van der Waals surface area (Å²) in [5, 5.41) is 3.90. The van der Waals surface area contributed by atoms with Crippen molar-refractivity contribution in [3.05, 3.63) is 77.6 Å². The Morgan fingerprint density at radius 3 is 2.35 bits per heavy atom. The SMILES string of the molecule is O=C(CCNS(=O)(=O)c1ccc2ccccc2c1)NCc1ccc(F)cc1C(F)(F)F. The van der Waals surface area contributed by atoms with Gasteiger partial charge in [0.15, 0.2) is 0 Å². The number of benzene rings is 3. The molecule has 0 radical (unpaired) electrons. The van der Waals surface area contributed by atoms with Crippen LogP contribution in [0.2, 0.25) is 0 Å². The van der Waals surface area contributed by atoms with E-state index < -0.39 is 40.0 Å². The molecule has 164 valence electrons. The van der Waals surface area contributed by atoms with Gasteiger partial charge < -0.3 is 5.32 Å². The van der Waals surface area contributed by atoms with Crippen LogP contribution in [0, 0.1) is 5.82 Å². The van der Waals surface area contributed by atoms with Crippen LogP contribution < -0.4 is 10.0 Å². The first kappa shape index (κ1) is 22.7. The summed E-state index contributed by atoms with van der Waals surface area (Å²) >= 11 is 0. The van der Waals surface area contributed by atoms with Crippen LogP contribution in [-0.2, 0) is 27.5 Å². The number of halogens is 4. The van der Waals surface area contributed by atoms with Crippen molar-refractivity contribution in [2.75, 3.05) is 6.54 Å². The largest absolute Gasteiger partial charge is 0.416 e. The zero-order valence-corrected chi connectivity index (χ0v) is 16.9. The quantitative estimate of drug-likeness (QED) is 0.531. The Balaban J connectivity index is 1.56. The van der Waals surface area contributed by atoms with Crippen molar-refractivity contribution in [2.24, 2.45) is 0 Å². The van der Waals surface area contributed by atoms with Gasteiger partial charge in [-0.2, -0.15) is 13.2 Å². The normalized spacial score (nSPS) is 12.1. The average molecular weight is 454 g/mol. The van der Waals surface area contributed by atoms with Crippen LogP contribution in [-0.4, -0.2) is 20.9 Å². The molecule has 1 amide bonds. The van der Waals surface area contributed by atoms with Crippen molar-refractivity contribution in [2.45, 2.75) is 24.0 Å². The Morgan fingerprint density at radius 2 is 1.65 bits per heavy atom. The Hall–Kier alpha value is -2.98. The molecule has 0 spiro atoms. The Labute approximate surface area is 176 Å². The molecular weight excluding hydrogens is 436 g/mol. The van der Waals surface area contributed by atoms with Crippen LogP contribution in [0.5, 0.6) is 0 Å². The second-order valence-electron chi connectivity index (χ2n) is 6.73. The summed E-state index contributed by atoms with van der Waals surface area (Å²) in [5.41, 5.74) is -1.47. The van der Waals surface area contributed by atoms with Crippen molar-refractivity contribution in [3.63, 3.8) is 0 Å². The Bertz CT molecular complexity index is 1210. The zero-order valence-electron chi connectivity index (χ0n) is 16.0. The highest BCUT2D eigenvalue weighted by molar-refractivity contribution is 7.89. The van der Waals surface area contributed by atoms with Crippen molar-refractivity contribution in [3.8, 4) is 0 Å². The molecule has 5 nitrogen and oxygen atoms in total. The van der Waals surface area contributed by atoms with Gasteiger partial charge in [-0.15, -0.1) is 0 Å². The molecule has 10 heteroatoms. The van der Waals surface area contributed by atoms with Crippen molar-refractivity contribution >= 4 is 26.7 Å². The molecule has 0 heterocycles. The van der Waals surface area contributed by atoms with Gasteiger partial charge in [0.2, 0.25) is 15.9 Å². The lowest BCUT2D eigenvalue weighted by atomic mass is 10.1. The minimum atomic E-state index is -4.77. The first-order chi connectivity index (χ1) is 14.6. The maximum Gasteiger partial charge on any atom is 0.416 e. The molecule has 0 fully saturated rings. The highest BCUT2D eigenvalue weighted by Crippen LogP contribution is 2.32. The molecule has 3 aromatic rings. The summed E-state index contributed by atoms with van der Waals surface area (Å²) in [6.45, 7) is -0.706. The van der Waals surface area contributed by atoms with E-state index in [9.17, 15) is 30.8 Å². The minimum Gasteiger partial charge on any atom is -0.352 e. The fourth-order valence-electron chi connectivity index (χ4n) is 2.97. The van der Waals surface area contributed by atoms with E-state index in [-0.39, 0.29) is 23.4 Å². The zero-order chi connectivity index (χ0) is 22.6. The van der Waals surface area contributed by atoms with Crippen LogP contribution >= 0.6 is 0 Å². The predicted octanol–water partition coefficient (Wildman–Crippen LogP) is 3.98. The van der Waals surface area contributed by atoms with Gasteiger partial charge in [0.25, 0.3) is 0 Å². The summed E-state index contributed by atoms with van der Waals surface area (Å²) in [6.07, 6.45) is -5.05. The minimum absolute atomic E-state index is 0.0349. The van der Waals surface area contributed by atoms with Gasteiger partial charge in [-0.05, 0) is 40.6 Å². The topological polar surface area (TPSA) is 75.3 Å². The number of sulfonamides is 1. The molecule has 31 heavy (non-hydrogen) atoms. The molecule has 0 aliphatic carbocycles. The lowest BCUT2D eigenvalue weighted by Crippen LogP contribution is -2.31. The summed E-state index contributed by atoms with van der Waals surface area (Å²) in [6, 6.07) is 14.0. The number of hydrogen-bond donors (Lipinski definition) is 2. The third kappa shape index (κ3) is 5.80. The molecule has 0 aliphatic heterocycles. The van der Waals surface area contributed by atoms with Crippen molar-refractivity contribution < 1.29 is 30.8 Å². The number of alkyl halides is 3. The van der Waals surface area contributed by atoms with E-state index in [1.807, 2.05) is 12.1 Å². The van der Waals surface area contributed by atoms with E-state index >= 15 is 0 Å². The molecule has 0 aliphatic rings. The van der Waals surface area contributed by atoms with Gasteiger partial charge >= 0.3 is 6.18 Å². The van der Waals surface area contributed by atoms with Gasteiger partial charge in [0.05, 0.1) is 10.5 Å². The third-order valence-corrected chi connectivity index (χ3v) is 5.99. The number of nitrogens with one attached hydrogen (secondary N) is 2. The standard InChI is InChI=1S/C21H18F4N2O3S/c22-17-7-5-16(19(12-17)21(23,24)25)13-26-20(28)9-10-27-31(29,30)18-8-6-14-3-1-2-4-15(14)11-18/h1-8,11-12,27H,9-10,13H2,(H,26,28). The molecule has 3 rings (SSSR count). The molecule has 0 aromatic heterocycles. The molecule has 3 aromatic carbocycles. The van der Waals surface area contributed by atoms with E-state index in [0.717, 1.165) is 22.9 Å². The number of carbonyl (C=O) groups excluding carboxylic acids is 1. The van der Waals surface area contributed by atoms with E-state index in [2.05, 4.69) is 10.0 Å².